The summed E-state index contributed by atoms with van der Waals surface area (Å²) in [5.74, 6) is 0.133. The molecule has 5 nitrogen and oxygen atoms in total. The van der Waals surface area contributed by atoms with Crippen LogP contribution >= 0.6 is 22.7 Å². The lowest BCUT2D eigenvalue weighted by molar-refractivity contribution is -0.123. The zero-order valence-corrected chi connectivity index (χ0v) is 16.4. The van der Waals surface area contributed by atoms with Gasteiger partial charge in [0.05, 0.1) is 12.1 Å². The van der Waals surface area contributed by atoms with Gasteiger partial charge in [0, 0.05) is 4.88 Å². The molecule has 2 heterocycles. The second kappa shape index (κ2) is 7.99. The van der Waals surface area contributed by atoms with E-state index in [1.54, 1.807) is 29.7 Å². The average Bonchev–Trinajstić information content (AvgIpc) is 3.35. The Morgan fingerprint density at radius 2 is 1.84 bits per heavy atom. The molecule has 2 N–H and O–H groups in total. The van der Waals surface area contributed by atoms with Gasteiger partial charge >= 0.3 is 0 Å². The van der Waals surface area contributed by atoms with E-state index >= 15 is 0 Å². The molecule has 0 radical (unpaired) electrons. The number of rotatable bonds is 7. The molecule has 1 fully saturated rings. The SMILES string of the molecule is CC(NS(=O)(=O)c1cccs1)C(=O)NC(c1cccs1)C1CCCC1. The van der Waals surface area contributed by atoms with Crippen molar-refractivity contribution in [2.24, 2.45) is 5.92 Å². The van der Waals surface area contributed by atoms with Crippen molar-refractivity contribution in [3.05, 3.63) is 39.9 Å². The molecule has 0 spiro atoms. The summed E-state index contributed by atoms with van der Waals surface area (Å²) in [6, 6.07) is 6.37. The Kier molecular flexibility index (Phi) is 5.93. The van der Waals surface area contributed by atoms with Crippen LogP contribution in [0.2, 0.25) is 0 Å². The molecule has 2 atom stereocenters. The summed E-state index contributed by atoms with van der Waals surface area (Å²) >= 11 is 2.77. The third kappa shape index (κ3) is 4.49. The Balaban J connectivity index is 1.68. The van der Waals surface area contributed by atoms with Crippen LogP contribution in [0, 0.1) is 5.92 Å². The van der Waals surface area contributed by atoms with E-state index in [1.165, 1.54) is 18.9 Å². The fraction of sp³-hybridized carbons (Fsp3) is 0.471. The number of carbonyl (C=O) groups is 1. The molecule has 0 saturated heterocycles. The van der Waals surface area contributed by atoms with E-state index in [-0.39, 0.29) is 16.2 Å². The molecule has 3 rings (SSSR count). The molecular formula is C17H22N2O3S3. The molecule has 0 bridgehead atoms. The van der Waals surface area contributed by atoms with Crippen LogP contribution in [-0.4, -0.2) is 20.4 Å². The normalized spacial score (nSPS) is 18.1. The second-order valence-electron chi connectivity index (χ2n) is 6.32. The molecule has 2 aromatic heterocycles. The molecule has 1 saturated carbocycles. The van der Waals surface area contributed by atoms with Gasteiger partial charge in [0.2, 0.25) is 5.91 Å². The van der Waals surface area contributed by atoms with Crippen LogP contribution in [0.5, 0.6) is 0 Å². The number of hydrogen-bond acceptors (Lipinski definition) is 5. The van der Waals surface area contributed by atoms with Gasteiger partial charge in [-0.05, 0) is 48.6 Å². The van der Waals surface area contributed by atoms with E-state index in [4.69, 9.17) is 0 Å². The van der Waals surface area contributed by atoms with Crippen LogP contribution < -0.4 is 10.0 Å². The van der Waals surface area contributed by atoms with Gasteiger partial charge in [-0.1, -0.05) is 25.0 Å². The summed E-state index contributed by atoms with van der Waals surface area (Å²) in [7, 11) is -3.66. The molecule has 2 aromatic rings. The monoisotopic (exact) mass is 398 g/mol. The molecular weight excluding hydrogens is 376 g/mol. The van der Waals surface area contributed by atoms with E-state index in [9.17, 15) is 13.2 Å². The number of hydrogen-bond donors (Lipinski definition) is 2. The lowest BCUT2D eigenvalue weighted by Crippen LogP contribution is -2.46. The van der Waals surface area contributed by atoms with Crippen molar-refractivity contribution in [3.8, 4) is 0 Å². The topological polar surface area (TPSA) is 75.3 Å². The van der Waals surface area contributed by atoms with E-state index in [0.717, 1.165) is 29.1 Å². The van der Waals surface area contributed by atoms with E-state index in [0.29, 0.717) is 5.92 Å². The number of carbonyl (C=O) groups excluding carboxylic acids is 1. The Hall–Kier alpha value is -1.22. The lowest BCUT2D eigenvalue weighted by atomic mass is 9.96. The molecule has 1 amide bonds. The van der Waals surface area contributed by atoms with Crippen LogP contribution in [0.4, 0.5) is 0 Å². The van der Waals surface area contributed by atoms with Crippen LogP contribution in [0.1, 0.15) is 43.5 Å². The van der Waals surface area contributed by atoms with E-state index < -0.39 is 16.1 Å². The van der Waals surface area contributed by atoms with E-state index in [2.05, 4.69) is 10.0 Å². The zero-order valence-electron chi connectivity index (χ0n) is 14.0. The minimum atomic E-state index is -3.66. The molecule has 0 aliphatic heterocycles. The Morgan fingerprint density at radius 3 is 2.44 bits per heavy atom. The van der Waals surface area contributed by atoms with Gasteiger partial charge in [-0.3, -0.25) is 4.79 Å². The predicted molar refractivity (Wildman–Crippen MR) is 101 cm³/mol. The molecule has 136 valence electrons. The first-order valence-corrected chi connectivity index (χ1v) is 11.6. The van der Waals surface area contributed by atoms with Crippen molar-refractivity contribution in [1.82, 2.24) is 10.0 Å². The highest BCUT2D eigenvalue weighted by molar-refractivity contribution is 7.91. The van der Waals surface area contributed by atoms with Gasteiger partial charge in [-0.2, -0.15) is 4.72 Å². The highest BCUT2D eigenvalue weighted by Gasteiger charge is 2.31. The summed E-state index contributed by atoms with van der Waals surface area (Å²) < 4.78 is 27.3. The van der Waals surface area contributed by atoms with Gasteiger partial charge in [0.25, 0.3) is 10.0 Å². The third-order valence-electron chi connectivity index (χ3n) is 4.50. The number of nitrogens with one attached hydrogen (secondary N) is 2. The van der Waals surface area contributed by atoms with Gasteiger partial charge in [-0.15, -0.1) is 22.7 Å². The lowest BCUT2D eigenvalue weighted by Gasteiger charge is -2.25. The summed E-state index contributed by atoms with van der Waals surface area (Å²) in [5.41, 5.74) is 0. The van der Waals surface area contributed by atoms with Crippen LogP contribution in [0.25, 0.3) is 0 Å². The highest BCUT2D eigenvalue weighted by atomic mass is 32.2. The van der Waals surface area contributed by atoms with Crippen molar-refractivity contribution < 1.29 is 13.2 Å². The number of thiophene rings is 2. The summed E-state index contributed by atoms with van der Waals surface area (Å²) in [5, 5.41) is 6.78. The summed E-state index contributed by atoms with van der Waals surface area (Å²) in [4.78, 5) is 13.8. The van der Waals surface area contributed by atoms with Gasteiger partial charge in [0.15, 0.2) is 0 Å². The summed E-state index contributed by atoms with van der Waals surface area (Å²) in [6.45, 7) is 1.58. The minimum absolute atomic E-state index is 0.0382. The fourth-order valence-corrected chi connectivity index (χ4v) is 6.30. The smallest absolute Gasteiger partial charge is 0.250 e. The Morgan fingerprint density at radius 1 is 1.16 bits per heavy atom. The fourth-order valence-electron chi connectivity index (χ4n) is 3.22. The maximum absolute atomic E-state index is 12.6. The van der Waals surface area contributed by atoms with Crippen molar-refractivity contribution in [3.63, 3.8) is 0 Å². The van der Waals surface area contributed by atoms with Gasteiger partial charge < -0.3 is 5.32 Å². The van der Waals surface area contributed by atoms with Crippen LogP contribution in [0.15, 0.2) is 39.2 Å². The molecule has 8 heteroatoms. The van der Waals surface area contributed by atoms with Crippen LogP contribution in [-0.2, 0) is 14.8 Å². The maximum Gasteiger partial charge on any atom is 0.250 e. The third-order valence-corrected chi connectivity index (χ3v) is 8.40. The second-order valence-corrected chi connectivity index (χ2v) is 10.2. The molecule has 25 heavy (non-hydrogen) atoms. The molecule has 2 unspecified atom stereocenters. The molecule has 1 aliphatic rings. The first-order valence-electron chi connectivity index (χ1n) is 8.37. The van der Waals surface area contributed by atoms with Crippen molar-refractivity contribution in [1.29, 1.82) is 0 Å². The molecule has 0 aromatic carbocycles. The van der Waals surface area contributed by atoms with E-state index in [1.807, 2.05) is 17.5 Å². The van der Waals surface area contributed by atoms with Crippen molar-refractivity contribution >= 4 is 38.6 Å². The highest BCUT2D eigenvalue weighted by Crippen LogP contribution is 2.37. The Bertz CT molecular complexity index is 779. The largest absolute Gasteiger partial charge is 0.347 e. The van der Waals surface area contributed by atoms with Gasteiger partial charge in [-0.25, -0.2) is 8.42 Å². The standard InChI is InChI=1S/C17H22N2O3S3/c1-12(19-25(21,22)15-9-5-11-24-15)17(20)18-16(13-6-2-3-7-13)14-8-4-10-23-14/h4-5,8-13,16,19H,2-3,6-7H2,1H3,(H,18,20). The van der Waals surface area contributed by atoms with Gasteiger partial charge in [0.1, 0.15) is 4.21 Å². The molecule has 1 aliphatic carbocycles. The van der Waals surface area contributed by atoms with Crippen LogP contribution in [0.3, 0.4) is 0 Å². The first kappa shape index (κ1) is 18.6. The number of amides is 1. The zero-order chi connectivity index (χ0) is 17.9. The Labute approximate surface area is 156 Å². The van der Waals surface area contributed by atoms with Crippen molar-refractivity contribution in [2.45, 2.75) is 48.9 Å². The minimum Gasteiger partial charge on any atom is -0.347 e. The average molecular weight is 399 g/mol. The first-order chi connectivity index (χ1) is 12.0. The predicted octanol–water partition coefficient (Wildman–Crippen LogP) is 3.52. The quantitative estimate of drug-likeness (QED) is 0.749. The summed E-state index contributed by atoms with van der Waals surface area (Å²) in [6.07, 6.45) is 4.56. The number of sulfonamides is 1. The maximum atomic E-state index is 12.6. The van der Waals surface area contributed by atoms with Crippen molar-refractivity contribution in [2.75, 3.05) is 0 Å².